The average Bonchev–Trinajstić information content (AvgIpc) is 3.17. The lowest BCUT2D eigenvalue weighted by Gasteiger charge is -2.17. The summed E-state index contributed by atoms with van der Waals surface area (Å²) in [5, 5.41) is 0.957. The van der Waals surface area contributed by atoms with E-state index in [1.54, 1.807) is 12.1 Å². The van der Waals surface area contributed by atoms with E-state index in [9.17, 15) is 18.0 Å². The van der Waals surface area contributed by atoms with Gasteiger partial charge in [-0.25, -0.2) is 13.2 Å². The Balaban J connectivity index is 1.77. The molecule has 11 heteroatoms. The van der Waals surface area contributed by atoms with Gasteiger partial charge in [0.1, 0.15) is 0 Å². The highest BCUT2D eigenvalue weighted by Gasteiger charge is 2.22. The van der Waals surface area contributed by atoms with E-state index >= 15 is 0 Å². The van der Waals surface area contributed by atoms with Crippen LogP contribution in [0.1, 0.15) is 24.5 Å². The molecule has 8 nitrogen and oxygen atoms in total. The minimum atomic E-state index is -3.58. The fourth-order valence-corrected chi connectivity index (χ4v) is 5.66. The van der Waals surface area contributed by atoms with E-state index in [0.29, 0.717) is 22.1 Å². The number of rotatable bonds is 6. The van der Waals surface area contributed by atoms with Crippen molar-refractivity contribution in [2.45, 2.75) is 37.4 Å². The lowest BCUT2D eigenvalue weighted by molar-refractivity contribution is 0.327. The smallest absolute Gasteiger partial charge is 0.326 e. The first-order valence-electron chi connectivity index (χ1n) is 10.5. The molecule has 3 aromatic rings. The number of nitrogens with two attached hydrogens (primary N) is 1. The number of benzene rings is 2. The Hall–Kier alpha value is -2.17. The summed E-state index contributed by atoms with van der Waals surface area (Å²) in [5.74, 6) is -0.120. The van der Waals surface area contributed by atoms with Gasteiger partial charge in [-0.2, -0.15) is 0 Å². The molecule has 176 valence electrons. The first kappa shape index (κ1) is 24.0. The zero-order valence-electron chi connectivity index (χ0n) is 18.0. The van der Waals surface area contributed by atoms with Gasteiger partial charge in [-0.1, -0.05) is 30.1 Å². The Morgan fingerprint density at radius 1 is 1.12 bits per heavy atom. The third-order valence-corrected chi connectivity index (χ3v) is 8.33. The zero-order valence-corrected chi connectivity index (χ0v) is 20.3. The van der Waals surface area contributed by atoms with Crippen LogP contribution in [0.2, 0.25) is 10.0 Å². The molecule has 3 N–H and O–H groups in total. The standard InChI is InChI=1S/C22H24Cl2N4O4S/c1-2-33(31,32)20-4-3-15(23)7-14(20)11-28-21(29)17-9-18(24)13(8-19(17)26-22(28)30)10-27-6-5-16(25)12-27/h3-4,7-9,16H,2,5-6,10-12,25H2,1H3,(H,26,30)/t16-/m1/s1. The number of fused-ring (bicyclic) bond motifs is 1. The van der Waals surface area contributed by atoms with Crippen LogP contribution in [0.4, 0.5) is 0 Å². The van der Waals surface area contributed by atoms with Crippen LogP contribution in [0.3, 0.4) is 0 Å². The van der Waals surface area contributed by atoms with E-state index in [4.69, 9.17) is 28.9 Å². The molecular formula is C22H24Cl2N4O4S. The Morgan fingerprint density at radius 3 is 2.55 bits per heavy atom. The van der Waals surface area contributed by atoms with Gasteiger partial charge in [-0.3, -0.25) is 14.3 Å². The second-order valence-electron chi connectivity index (χ2n) is 8.25. The van der Waals surface area contributed by atoms with E-state index in [-0.39, 0.29) is 34.2 Å². The number of sulfone groups is 1. The lowest BCUT2D eigenvalue weighted by atomic mass is 10.1. The van der Waals surface area contributed by atoms with Crippen LogP contribution < -0.4 is 17.0 Å². The maximum atomic E-state index is 13.2. The van der Waals surface area contributed by atoms with E-state index in [0.717, 1.165) is 29.6 Å². The zero-order chi connectivity index (χ0) is 23.9. The molecule has 0 saturated carbocycles. The van der Waals surface area contributed by atoms with Crippen LogP contribution in [-0.2, 0) is 22.9 Å². The van der Waals surface area contributed by atoms with Crippen molar-refractivity contribution in [3.05, 3.63) is 72.3 Å². The molecule has 2 aromatic carbocycles. The highest BCUT2D eigenvalue weighted by molar-refractivity contribution is 7.91. The lowest BCUT2D eigenvalue weighted by Crippen LogP contribution is -2.36. The molecule has 0 amide bonds. The summed E-state index contributed by atoms with van der Waals surface area (Å²) in [6, 6.07) is 7.69. The molecule has 0 radical (unpaired) electrons. The van der Waals surface area contributed by atoms with Gasteiger partial charge < -0.3 is 10.7 Å². The van der Waals surface area contributed by atoms with E-state index < -0.39 is 21.1 Å². The predicted molar refractivity (Wildman–Crippen MR) is 130 cm³/mol. The van der Waals surface area contributed by atoms with Gasteiger partial charge >= 0.3 is 5.69 Å². The molecule has 1 aliphatic heterocycles. The number of likely N-dealkylation sites (tertiary alicyclic amines) is 1. The molecule has 0 unspecified atom stereocenters. The topological polar surface area (TPSA) is 118 Å². The molecule has 4 rings (SSSR count). The molecule has 1 aromatic heterocycles. The molecule has 1 fully saturated rings. The van der Waals surface area contributed by atoms with E-state index in [2.05, 4.69) is 9.88 Å². The molecule has 2 heterocycles. The van der Waals surface area contributed by atoms with Gasteiger partial charge in [0.2, 0.25) is 0 Å². The maximum Gasteiger partial charge on any atom is 0.329 e. The number of nitrogens with one attached hydrogen (secondary N) is 1. The Kier molecular flexibility index (Phi) is 6.70. The minimum absolute atomic E-state index is 0.0398. The van der Waals surface area contributed by atoms with Gasteiger partial charge in [-0.15, -0.1) is 0 Å². The number of hydrogen-bond acceptors (Lipinski definition) is 6. The van der Waals surface area contributed by atoms with Gasteiger partial charge in [0.05, 0.1) is 28.1 Å². The summed E-state index contributed by atoms with van der Waals surface area (Å²) in [4.78, 5) is 31.0. The van der Waals surface area contributed by atoms with Crippen LogP contribution in [0.15, 0.2) is 44.8 Å². The van der Waals surface area contributed by atoms with Gasteiger partial charge in [-0.05, 0) is 47.9 Å². The normalized spacial score (nSPS) is 17.2. The fourth-order valence-electron chi connectivity index (χ4n) is 4.13. The van der Waals surface area contributed by atoms with Gasteiger partial charge in [0.15, 0.2) is 9.84 Å². The Labute approximate surface area is 200 Å². The first-order valence-corrected chi connectivity index (χ1v) is 12.9. The summed E-state index contributed by atoms with van der Waals surface area (Å²) < 4.78 is 26.0. The van der Waals surface area contributed by atoms with Gasteiger partial charge in [0, 0.05) is 35.7 Å². The summed E-state index contributed by atoms with van der Waals surface area (Å²) in [5.41, 5.74) is 6.19. The number of hydrogen-bond donors (Lipinski definition) is 2. The predicted octanol–water partition coefficient (Wildman–Crippen LogP) is 2.37. The molecule has 0 spiro atoms. The third kappa shape index (κ3) is 4.88. The van der Waals surface area contributed by atoms with Crippen LogP contribution in [0.25, 0.3) is 10.9 Å². The molecule has 0 aliphatic carbocycles. The molecule has 1 aliphatic rings. The quantitative estimate of drug-likeness (QED) is 0.525. The van der Waals surface area contributed by atoms with Crippen molar-refractivity contribution in [1.82, 2.24) is 14.5 Å². The molecular weight excluding hydrogens is 487 g/mol. The summed E-state index contributed by atoms with van der Waals surface area (Å²) in [6.07, 6.45) is 0.909. The van der Waals surface area contributed by atoms with Gasteiger partial charge in [0.25, 0.3) is 5.56 Å². The van der Waals surface area contributed by atoms with E-state index in [1.165, 1.54) is 25.1 Å². The van der Waals surface area contributed by atoms with Crippen molar-refractivity contribution >= 4 is 43.9 Å². The number of aromatic nitrogens is 2. The molecule has 0 bridgehead atoms. The Bertz CT molecular complexity index is 1450. The van der Waals surface area contributed by atoms with Crippen LogP contribution in [0, 0.1) is 0 Å². The second-order valence-corrected chi connectivity index (χ2v) is 11.3. The highest BCUT2D eigenvalue weighted by Crippen LogP contribution is 2.25. The molecule has 1 saturated heterocycles. The largest absolute Gasteiger partial charge is 0.329 e. The van der Waals surface area contributed by atoms with Crippen molar-refractivity contribution in [3.8, 4) is 0 Å². The van der Waals surface area contributed by atoms with Crippen molar-refractivity contribution in [1.29, 1.82) is 0 Å². The monoisotopic (exact) mass is 510 g/mol. The maximum absolute atomic E-state index is 13.2. The summed E-state index contributed by atoms with van der Waals surface area (Å²) >= 11 is 12.5. The highest BCUT2D eigenvalue weighted by atomic mass is 35.5. The average molecular weight is 511 g/mol. The minimum Gasteiger partial charge on any atom is -0.326 e. The van der Waals surface area contributed by atoms with E-state index in [1.807, 2.05) is 0 Å². The fraction of sp³-hybridized carbons (Fsp3) is 0.364. The van der Waals surface area contributed by atoms with Crippen LogP contribution >= 0.6 is 23.2 Å². The summed E-state index contributed by atoms with van der Waals surface area (Å²) in [7, 11) is -3.58. The Morgan fingerprint density at radius 2 is 1.88 bits per heavy atom. The molecule has 33 heavy (non-hydrogen) atoms. The number of H-pyrrole nitrogens is 1. The number of aromatic amines is 1. The third-order valence-electron chi connectivity index (χ3n) is 5.92. The van der Waals surface area contributed by atoms with Crippen molar-refractivity contribution < 1.29 is 8.42 Å². The summed E-state index contributed by atoms with van der Waals surface area (Å²) in [6.45, 7) is 3.46. The van der Waals surface area contributed by atoms with Crippen molar-refractivity contribution in [3.63, 3.8) is 0 Å². The second kappa shape index (κ2) is 9.23. The van der Waals surface area contributed by atoms with Crippen LogP contribution in [-0.4, -0.2) is 47.8 Å². The van der Waals surface area contributed by atoms with Crippen LogP contribution in [0.5, 0.6) is 0 Å². The number of halogens is 2. The van der Waals surface area contributed by atoms with Crippen molar-refractivity contribution in [2.24, 2.45) is 5.73 Å². The first-order chi connectivity index (χ1) is 15.6. The molecule has 1 atom stereocenters. The van der Waals surface area contributed by atoms with Crippen molar-refractivity contribution in [2.75, 3.05) is 18.8 Å². The SMILES string of the molecule is CCS(=O)(=O)c1ccc(Cl)cc1Cn1c(=O)[nH]c2cc(CN3CC[C@@H](N)C3)c(Cl)cc2c1=O. The number of nitrogens with zero attached hydrogens (tertiary/aromatic N) is 2.